The van der Waals surface area contributed by atoms with Gasteiger partial charge in [-0.25, -0.2) is 4.79 Å². The Hall–Kier alpha value is -1.67. The quantitative estimate of drug-likeness (QED) is 0.331. The maximum atomic E-state index is 11.2. The van der Waals surface area contributed by atoms with E-state index in [2.05, 4.69) is 10.6 Å². The Bertz CT molecular complexity index is 343. The molecule has 20 heavy (non-hydrogen) atoms. The summed E-state index contributed by atoms with van der Waals surface area (Å²) in [6, 6.07) is -1.07. The summed E-state index contributed by atoms with van der Waals surface area (Å²) in [7, 11) is 0. The third kappa shape index (κ3) is 7.70. The number of hydrogen-bond donors (Lipinski definition) is 5. The predicted molar refractivity (Wildman–Crippen MR) is 69.8 cm³/mol. The van der Waals surface area contributed by atoms with Crippen LogP contribution in [-0.4, -0.2) is 57.9 Å². The fraction of sp³-hybridized carbons (Fsp3) is 0.750. The van der Waals surface area contributed by atoms with Crippen molar-refractivity contribution in [1.29, 1.82) is 0 Å². The molecule has 0 spiro atoms. The van der Waals surface area contributed by atoms with Gasteiger partial charge >= 0.3 is 5.97 Å². The van der Waals surface area contributed by atoms with E-state index < -0.39 is 36.0 Å². The van der Waals surface area contributed by atoms with Crippen molar-refractivity contribution in [1.82, 2.24) is 10.6 Å². The molecule has 0 unspecified atom stereocenters. The van der Waals surface area contributed by atoms with E-state index in [1.807, 2.05) is 0 Å². The SMILES string of the molecule is C[C@H](O)C(=O)NCCCC[C@H](NC(=O)[C@@H](C)O)C(=O)O. The van der Waals surface area contributed by atoms with E-state index in [1.165, 1.54) is 13.8 Å². The first kappa shape index (κ1) is 18.3. The average molecular weight is 290 g/mol. The Kier molecular flexibility index (Phi) is 8.49. The molecular weight excluding hydrogens is 268 g/mol. The fourth-order valence-corrected chi connectivity index (χ4v) is 1.38. The zero-order valence-corrected chi connectivity index (χ0v) is 11.6. The Morgan fingerprint density at radius 2 is 1.55 bits per heavy atom. The van der Waals surface area contributed by atoms with Gasteiger partial charge in [0.05, 0.1) is 0 Å². The number of hydrogen-bond acceptors (Lipinski definition) is 5. The standard InChI is InChI=1S/C12H22N2O6/c1-7(15)10(17)13-6-4-3-5-9(12(19)20)14-11(18)8(2)16/h7-9,15-16H,3-6H2,1-2H3,(H,13,17)(H,14,18)(H,19,20)/t7-,8+,9-/m0/s1. The Morgan fingerprint density at radius 1 is 1.00 bits per heavy atom. The van der Waals surface area contributed by atoms with Gasteiger partial charge in [0.15, 0.2) is 0 Å². The number of rotatable bonds is 9. The van der Waals surface area contributed by atoms with Gasteiger partial charge in [-0.05, 0) is 33.1 Å². The van der Waals surface area contributed by atoms with Crippen LogP contribution in [0.5, 0.6) is 0 Å². The third-order valence-corrected chi connectivity index (χ3v) is 2.59. The van der Waals surface area contributed by atoms with Crippen LogP contribution in [0.1, 0.15) is 33.1 Å². The molecule has 0 heterocycles. The monoisotopic (exact) mass is 290 g/mol. The maximum Gasteiger partial charge on any atom is 0.326 e. The van der Waals surface area contributed by atoms with Gasteiger partial charge in [-0.2, -0.15) is 0 Å². The summed E-state index contributed by atoms with van der Waals surface area (Å²) in [6.45, 7) is 2.92. The number of amides is 2. The number of aliphatic carboxylic acids is 1. The van der Waals surface area contributed by atoms with E-state index in [0.29, 0.717) is 19.4 Å². The molecule has 0 bridgehead atoms. The highest BCUT2D eigenvalue weighted by Gasteiger charge is 2.21. The topological polar surface area (TPSA) is 136 Å². The molecular formula is C12H22N2O6. The molecule has 0 aliphatic carbocycles. The van der Waals surface area contributed by atoms with Crippen molar-refractivity contribution in [2.24, 2.45) is 0 Å². The van der Waals surface area contributed by atoms with Crippen LogP contribution < -0.4 is 10.6 Å². The highest BCUT2D eigenvalue weighted by Crippen LogP contribution is 2.02. The highest BCUT2D eigenvalue weighted by molar-refractivity contribution is 5.85. The van der Waals surface area contributed by atoms with E-state index in [-0.39, 0.29) is 6.42 Å². The van der Waals surface area contributed by atoms with E-state index in [0.717, 1.165) is 0 Å². The van der Waals surface area contributed by atoms with Gasteiger partial charge in [0.2, 0.25) is 11.8 Å². The minimum atomic E-state index is -1.26. The zero-order chi connectivity index (χ0) is 15.7. The lowest BCUT2D eigenvalue weighted by Gasteiger charge is -2.15. The molecule has 0 fully saturated rings. The summed E-state index contributed by atoms with van der Waals surface area (Å²) in [6.07, 6.45) is -1.16. The number of nitrogens with one attached hydrogen (secondary N) is 2. The molecule has 8 heteroatoms. The molecule has 0 aromatic heterocycles. The highest BCUT2D eigenvalue weighted by atomic mass is 16.4. The van der Waals surface area contributed by atoms with Crippen molar-refractivity contribution in [2.45, 2.75) is 51.4 Å². The minimum absolute atomic E-state index is 0.193. The average Bonchev–Trinajstić information content (AvgIpc) is 2.35. The number of unbranched alkanes of at least 4 members (excludes halogenated alkanes) is 1. The largest absolute Gasteiger partial charge is 0.480 e. The minimum Gasteiger partial charge on any atom is -0.480 e. The van der Waals surface area contributed by atoms with Crippen LogP contribution in [0.4, 0.5) is 0 Å². The number of aliphatic hydroxyl groups excluding tert-OH is 2. The van der Waals surface area contributed by atoms with Crippen LogP contribution in [0.15, 0.2) is 0 Å². The second kappa shape index (κ2) is 9.27. The zero-order valence-electron chi connectivity index (χ0n) is 11.6. The van der Waals surface area contributed by atoms with Crippen LogP contribution in [0.25, 0.3) is 0 Å². The summed E-state index contributed by atoms with van der Waals surface area (Å²) in [5.74, 6) is -2.39. The van der Waals surface area contributed by atoms with E-state index >= 15 is 0 Å². The first-order chi connectivity index (χ1) is 9.25. The molecule has 0 aliphatic rings. The fourth-order valence-electron chi connectivity index (χ4n) is 1.38. The molecule has 2 amide bonds. The lowest BCUT2D eigenvalue weighted by molar-refractivity contribution is -0.143. The first-order valence-electron chi connectivity index (χ1n) is 6.42. The van der Waals surface area contributed by atoms with Gasteiger partial charge in [-0.3, -0.25) is 9.59 Å². The molecule has 116 valence electrons. The molecule has 0 aromatic rings. The number of carboxylic acid groups (broad SMARTS) is 1. The molecule has 0 aliphatic heterocycles. The number of aliphatic hydroxyl groups is 2. The molecule has 3 atom stereocenters. The molecule has 0 saturated heterocycles. The number of carboxylic acids is 1. The van der Waals surface area contributed by atoms with Crippen LogP contribution in [0.3, 0.4) is 0 Å². The summed E-state index contributed by atoms with van der Waals surface area (Å²) in [5.41, 5.74) is 0. The third-order valence-electron chi connectivity index (χ3n) is 2.59. The Labute approximate surface area is 117 Å². The second-order valence-corrected chi connectivity index (χ2v) is 4.54. The number of carbonyl (C=O) groups is 3. The molecule has 8 nitrogen and oxygen atoms in total. The van der Waals surface area contributed by atoms with Crippen LogP contribution in [0.2, 0.25) is 0 Å². The van der Waals surface area contributed by atoms with Gasteiger partial charge in [-0.1, -0.05) is 0 Å². The van der Waals surface area contributed by atoms with Gasteiger partial charge < -0.3 is 26.0 Å². The lowest BCUT2D eigenvalue weighted by atomic mass is 10.1. The number of carbonyl (C=O) groups excluding carboxylic acids is 2. The van der Waals surface area contributed by atoms with Crippen LogP contribution in [0, 0.1) is 0 Å². The summed E-state index contributed by atoms with van der Waals surface area (Å²) in [5, 5.41) is 31.5. The van der Waals surface area contributed by atoms with Crippen molar-refractivity contribution in [3.8, 4) is 0 Å². The molecule has 5 N–H and O–H groups in total. The maximum absolute atomic E-state index is 11.2. The smallest absolute Gasteiger partial charge is 0.326 e. The van der Waals surface area contributed by atoms with Crippen LogP contribution >= 0.6 is 0 Å². The normalized spacial score (nSPS) is 15.0. The van der Waals surface area contributed by atoms with Crippen molar-refractivity contribution in [3.63, 3.8) is 0 Å². The van der Waals surface area contributed by atoms with Gasteiger partial charge in [0.25, 0.3) is 0 Å². The molecule has 0 aromatic carbocycles. The van der Waals surface area contributed by atoms with Gasteiger partial charge in [0.1, 0.15) is 18.2 Å². The summed E-state index contributed by atoms with van der Waals surface area (Å²) < 4.78 is 0. The van der Waals surface area contributed by atoms with Crippen molar-refractivity contribution in [3.05, 3.63) is 0 Å². The van der Waals surface area contributed by atoms with Crippen molar-refractivity contribution in [2.75, 3.05) is 6.54 Å². The van der Waals surface area contributed by atoms with E-state index in [9.17, 15) is 14.4 Å². The van der Waals surface area contributed by atoms with Gasteiger partial charge in [0, 0.05) is 6.54 Å². The lowest BCUT2D eigenvalue weighted by Crippen LogP contribution is -2.44. The first-order valence-corrected chi connectivity index (χ1v) is 6.42. The van der Waals surface area contributed by atoms with Crippen LogP contribution in [-0.2, 0) is 14.4 Å². The van der Waals surface area contributed by atoms with E-state index in [1.54, 1.807) is 0 Å². The molecule has 0 radical (unpaired) electrons. The van der Waals surface area contributed by atoms with Gasteiger partial charge in [-0.15, -0.1) is 0 Å². The second-order valence-electron chi connectivity index (χ2n) is 4.54. The van der Waals surface area contributed by atoms with Crippen molar-refractivity contribution >= 4 is 17.8 Å². The van der Waals surface area contributed by atoms with E-state index in [4.69, 9.17) is 15.3 Å². The Morgan fingerprint density at radius 3 is 2.00 bits per heavy atom. The Balaban J connectivity index is 3.96. The van der Waals surface area contributed by atoms with Crippen molar-refractivity contribution < 1.29 is 29.7 Å². The molecule has 0 rings (SSSR count). The summed E-state index contributed by atoms with van der Waals surface area (Å²) >= 11 is 0. The predicted octanol–water partition coefficient (Wildman–Crippen LogP) is -1.40. The molecule has 0 saturated carbocycles. The summed E-state index contributed by atoms with van der Waals surface area (Å²) in [4.78, 5) is 33.1.